The van der Waals surface area contributed by atoms with E-state index in [-0.39, 0.29) is 24.6 Å². The number of aryl methyl sites for hydroxylation is 1. The summed E-state index contributed by atoms with van der Waals surface area (Å²) >= 11 is 2.90. The maximum atomic E-state index is 12.5. The molecule has 2 atom stereocenters. The Morgan fingerprint density at radius 2 is 2.04 bits per heavy atom. The van der Waals surface area contributed by atoms with Gasteiger partial charge in [-0.2, -0.15) is 11.3 Å². The van der Waals surface area contributed by atoms with Crippen molar-refractivity contribution >= 4 is 34.6 Å². The number of carbonyl (C=O) groups excluding carboxylic acids is 2. The largest absolute Gasteiger partial charge is 0.451 e. The van der Waals surface area contributed by atoms with Crippen LogP contribution in [0.4, 0.5) is 0 Å². The molecule has 7 heteroatoms. The SMILES string of the molecule is Cc1nc(-c2ccsc2)sc1C(=O)OCC(=O)N1C(C)CCCC1C. The van der Waals surface area contributed by atoms with E-state index in [4.69, 9.17) is 4.74 Å². The van der Waals surface area contributed by atoms with Gasteiger partial charge in [-0.05, 0) is 51.5 Å². The first-order chi connectivity index (χ1) is 12.0. The van der Waals surface area contributed by atoms with Gasteiger partial charge < -0.3 is 9.64 Å². The fraction of sp³-hybridized carbons (Fsp3) is 0.500. The molecule has 1 aliphatic rings. The zero-order valence-corrected chi connectivity index (χ0v) is 16.3. The minimum absolute atomic E-state index is 0.117. The Morgan fingerprint density at radius 3 is 2.68 bits per heavy atom. The third-order valence-electron chi connectivity index (χ3n) is 4.56. The fourth-order valence-electron chi connectivity index (χ4n) is 3.28. The quantitative estimate of drug-likeness (QED) is 0.751. The van der Waals surface area contributed by atoms with Crippen LogP contribution >= 0.6 is 22.7 Å². The van der Waals surface area contributed by atoms with Gasteiger partial charge in [0.15, 0.2) is 6.61 Å². The van der Waals surface area contributed by atoms with Crippen LogP contribution in [0.1, 0.15) is 48.5 Å². The van der Waals surface area contributed by atoms with Gasteiger partial charge in [0, 0.05) is 23.0 Å². The molecule has 1 saturated heterocycles. The number of thiophene rings is 1. The molecule has 5 nitrogen and oxygen atoms in total. The smallest absolute Gasteiger partial charge is 0.350 e. The number of hydrogen-bond acceptors (Lipinski definition) is 6. The van der Waals surface area contributed by atoms with Crippen LogP contribution in [0, 0.1) is 6.92 Å². The van der Waals surface area contributed by atoms with E-state index in [1.807, 2.05) is 21.7 Å². The summed E-state index contributed by atoms with van der Waals surface area (Å²) in [7, 11) is 0. The molecule has 0 aliphatic carbocycles. The molecule has 2 unspecified atom stereocenters. The molecule has 134 valence electrons. The Balaban J connectivity index is 1.64. The van der Waals surface area contributed by atoms with E-state index in [0.29, 0.717) is 10.6 Å². The molecule has 1 fully saturated rings. The molecule has 2 aromatic heterocycles. The standard InChI is InChI=1S/C18H22N2O3S2/c1-11-5-4-6-12(2)20(11)15(21)9-23-18(22)16-13(3)19-17(25-16)14-7-8-24-10-14/h7-8,10-12H,4-6,9H2,1-3H3. The highest BCUT2D eigenvalue weighted by molar-refractivity contribution is 7.17. The van der Waals surface area contributed by atoms with E-state index >= 15 is 0 Å². The Bertz CT molecular complexity index is 744. The summed E-state index contributed by atoms with van der Waals surface area (Å²) < 4.78 is 5.29. The zero-order chi connectivity index (χ0) is 18.0. The summed E-state index contributed by atoms with van der Waals surface area (Å²) in [5, 5.41) is 4.77. The van der Waals surface area contributed by atoms with Crippen LogP contribution in [0.25, 0.3) is 10.6 Å². The molecule has 1 aliphatic heterocycles. The number of rotatable bonds is 4. The number of esters is 1. The van der Waals surface area contributed by atoms with Crippen LogP contribution in [0.5, 0.6) is 0 Å². The van der Waals surface area contributed by atoms with Gasteiger partial charge >= 0.3 is 5.97 Å². The van der Waals surface area contributed by atoms with Gasteiger partial charge in [-0.1, -0.05) is 0 Å². The third kappa shape index (κ3) is 3.93. The zero-order valence-electron chi connectivity index (χ0n) is 14.7. The van der Waals surface area contributed by atoms with E-state index < -0.39 is 5.97 Å². The van der Waals surface area contributed by atoms with Gasteiger partial charge in [0.1, 0.15) is 9.88 Å². The van der Waals surface area contributed by atoms with Gasteiger partial charge in [-0.25, -0.2) is 9.78 Å². The second kappa shape index (κ2) is 7.66. The van der Waals surface area contributed by atoms with Crippen molar-refractivity contribution in [2.24, 2.45) is 0 Å². The normalized spacial score (nSPS) is 20.5. The summed E-state index contributed by atoms with van der Waals surface area (Å²) in [6.07, 6.45) is 3.14. The average molecular weight is 379 g/mol. The molecule has 0 radical (unpaired) electrons. The molecule has 0 N–H and O–H groups in total. The first kappa shape index (κ1) is 18.1. The van der Waals surface area contributed by atoms with Crippen molar-refractivity contribution in [2.75, 3.05) is 6.61 Å². The molecule has 2 aromatic rings. The van der Waals surface area contributed by atoms with Crippen molar-refractivity contribution in [3.8, 4) is 10.6 Å². The number of likely N-dealkylation sites (tertiary alicyclic amines) is 1. The topological polar surface area (TPSA) is 59.5 Å². The Kier molecular flexibility index (Phi) is 5.54. The van der Waals surface area contributed by atoms with Crippen LogP contribution in [-0.4, -0.2) is 40.5 Å². The first-order valence-corrected chi connectivity index (χ1v) is 10.2. The fourth-order valence-corrected chi connectivity index (χ4v) is 4.95. The van der Waals surface area contributed by atoms with Crippen molar-refractivity contribution in [2.45, 2.75) is 52.1 Å². The second-order valence-electron chi connectivity index (χ2n) is 6.45. The molecule has 25 heavy (non-hydrogen) atoms. The van der Waals surface area contributed by atoms with E-state index in [1.54, 1.807) is 18.3 Å². The maximum Gasteiger partial charge on any atom is 0.350 e. The average Bonchev–Trinajstić information content (AvgIpc) is 3.21. The van der Waals surface area contributed by atoms with Crippen molar-refractivity contribution in [3.63, 3.8) is 0 Å². The highest BCUT2D eigenvalue weighted by Crippen LogP contribution is 2.30. The summed E-state index contributed by atoms with van der Waals surface area (Å²) in [6.45, 7) is 5.68. The number of ether oxygens (including phenoxy) is 1. The maximum absolute atomic E-state index is 12.5. The molecule has 0 aromatic carbocycles. The molecule has 3 rings (SSSR count). The van der Waals surface area contributed by atoms with Crippen LogP contribution in [0.15, 0.2) is 16.8 Å². The lowest BCUT2D eigenvalue weighted by Crippen LogP contribution is -2.49. The second-order valence-corrected chi connectivity index (χ2v) is 8.23. The number of aromatic nitrogens is 1. The van der Waals surface area contributed by atoms with Crippen molar-refractivity contribution < 1.29 is 14.3 Å². The summed E-state index contributed by atoms with van der Waals surface area (Å²) in [4.78, 5) is 31.6. The monoisotopic (exact) mass is 378 g/mol. The molecule has 0 spiro atoms. The Labute approximate surface area is 155 Å². The van der Waals surface area contributed by atoms with Crippen LogP contribution in [-0.2, 0) is 9.53 Å². The number of thiazole rings is 1. The molecule has 1 amide bonds. The molecule has 0 saturated carbocycles. The predicted molar refractivity (Wildman–Crippen MR) is 100 cm³/mol. The highest BCUT2D eigenvalue weighted by atomic mass is 32.1. The number of nitrogens with zero attached hydrogens (tertiary/aromatic N) is 2. The van der Waals surface area contributed by atoms with E-state index in [2.05, 4.69) is 18.8 Å². The molecule has 0 bridgehead atoms. The number of amides is 1. The van der Waals surface area contributed by atoms with E-state index in [1.165, 1.54) is 11.3 Å². The first-order valence-electron chi connectivity index (χ1n) is 8.45. The van der Waals surface area contributed by atoms with Crippen molar-refractivity contribution in [1.29, 1.82) is 0 Å². The molecular formula is C18H22N2O3S2. The van der Waals surface area contributed by atoms with Crippen LogP contribution in [0.2, 0.25) is 0 Å². The van der Waals surface area contributed by atoms with Gasteiger partial charge in [0.05, 0.1) is 5.69 Å². The Morgan fingerprint density at radius 1 is 1.32 bits per heavy atom. The number of hydrogen-bond donors (Lipinski definition) is 0. The Hall–Kier alpha value is -1.73. The van der Waals surface area contributed by atoms with Crippen LogP contribution < -0.4 is 0 Å². The van der Waals surface area contributed by atoms with Crippen molar-refractivity contribution in [3.05, 3.63) is 27.4 Å². The lowest BCUT2D eigenvalue weighted by molar-refractivity contribution is -0.140. The van der Waals surface area contributed by atoms with E-state index in [9.17, 15) is 9.59 Å². The highest BCUT2D eigenvalue weighted by Gasteiger charge is 2.29. The lowest BCUT2D eigenvalue weighted by Gasteiger charge is -2.38. The van der Waals surface area contributed by atoms with Gasteiger partial charge in [0.25, 0.3) is 5.91 Å². The minimum Gasteiger partial charge on any atom is -0.451 e. The third-order valence-corrected chi connectivity index (χ3v) is 6.43. The summed E-state index contributed by atoms with van der Waals surface area (Å²) in [5.41, 5.74) is 1.65. The lowest BCUT2D eigenvalue weighted by atomic mass is 9.97. The van der Waals surface area contributed by atoms with E-state index in [0.717, 1.165) is 29.8 Å². The summed E-state index contributed by atoms with van der Waals surface area (Å²) in [5.74, 6) is -0.588. The molecule has 3 heterocycles. The van der Waals surface area contributed by atoms with Crippen LogP contribution in [0.3, 0.4) is 0 Å². The minimum atomic E-state index is -0.470. The van der Waals surface area contributed by atoms with Gasteiger partial charge in [-0.15, -0.1) is 11.3 Å². The number of carbonyl (C=O) groups is 2. The number of piperidine rings is 1. The van der Waals surface area contributed by atoms with Crippen molar-refractivity contribution in [1.82, 2.24) is 9.88 Å². The summed E-state index contributed by atoms with van der Waals surface area (Å²) in [6, 6.07) is 2.37. The van der Waals surface area contributed by atoms with Gasteiger partial charge in [0.2, 0.25) is 0 Å². The molecular weight excluding hydrogens is 356 g/mol. The predicted octanol–water partition coefficient (Wildman–Crippen LogP) is 4.13. The van der Waals surface area contributed by atoms with Gasteiger partial charge in [-0.3, -0.25) is 4.79 Å².